The fraction of sp³-hybridized carbons (Fsp3) is 0.273. The molecule has 0 radical (unpaired) electrons. The predicted molar refractivity (Wildman–Crippen MR) is 105 cm³/mol. The van der Waals surface area contributed by atoms with Gasteiger partial charge < -0.3 is 9.47 Å². The third-order valence-corrected chi connectivity index (χ3v) is 3.44. The van der Waals surface area contributed by atoms with E-state index in [2.05, 4.69) is 0 Å². The summed E-state index contributed by atoms with van der Waals surface area (Å²) in [5, 5.41) is 0. The first-order valence-electron chi connectivity index (χ1n) is 8.78. The Labute approximate surface area is 160 Å². The summed E-state index contributed by atoms with van der Waals surface area (Å²) in [5.74, 6) is 0. The van der Waals surface area contributed by atoms with E-state index in [1.54, 1.807) is 26.8 Å². The van der Waals surface area contributed by atoms with Gasteiger partial charge >= 0.3 is 12.2 Å². The molecule has 27 heavy (non-hydrogen) atoms. The molecule has 0 spiro atoms. The first-order chi connectivity index (χ1) is 12.8. The van der Waals surface area contributed by atoms with Gasteiger partial charge in [-0.15, -0.1) is 0 Å². The highest BCUT2D eigenvalue weighted by Gasteiger charge is 2.27. The number of carbonyl (C=O) groups excluding carboxylic acids is 2. The van der Waals surface area contributed by atoms with Crippen molar-refractivity contribution in [2.24, 2.45) is 0 Å². The molecule has 0 saturated heterocycles. The molecule has 0 aliphatic carbocycles. The van der Waals surface area contributed by atoms with Crippen LogP contribution in [-0.2, 0) is 16.1 Å². The van der Waals surface area contributed by atoms with Crippen LogP contribution in [0.25, 0.3) is 6.08 Å². The fourth-order valence-corrected chi connectivity index (χ4v) is 2.20. The molecule has 2 amide bonds. The van der Waals surface area contributed by atoms with Crippen molar-refractivity contribution in [3.63, 3.8) is 0 Å². The van der Waals surface area contributed by atoms with Crippen LogP contribution in [0.1, 0.15) is 31.9 Å². The number of rotatable bonds is 5. The van der Waals surface area contributed by atoms with Crippen LogP contribution >= 0.6 is 0 Å². The molecule has 0 fully saturated rings. The van der Waals surface area contributed by atoms with Crippen molar-refractivity contribution in [2.75, 3.05) is 6.54 Å². The maximum Gasteiger partial charge on any atom is 0.420 e. The monoisotopic (exact) mass is 367 g/mol. The summed E-state index contributed by atoms with van der Waals surface area (Å²) in [7, 11) is 0. The van der Waals surface area contributed by atoms with Gasteiger partial charge in [-0.2, -0.15) is 0 Å². The van der Waals surface area contributed by atoms with Gasteiger partial charge in [0.15, 0.2) is 0 Å². The standard InChI is InChI=1S/C22H25NO4/c1-22(2,3)27-21(25)23(16-10-15-18-11-6-4-7-12-18)20(24)26-17-19-13-8-5-9-14-19/h4-15H,16-17H2,1-3H3/b15-10+. The topological polar surface area (TPSA) is 55.8 Å². The summed E-state index contributed by atoms with van der Waals surface area (Å²) in [6.07, 6.45) is 2.08. The lowest BCUT2D eigenvalue weighted by Gasteiger charge is -2.25. The van der Waals surface area contributed by atoms with E-state index in [0.717, 1.165) is 16.0 Å². The molecule has 0 saturated carbocycles. The van der Waals surface area contributed by atoms with Crippen molar-refractivity contribution in [2.45, 2.75) is 33.0 Å². The molecule has 2 rings (SSSR count). The maximum atomic E-state index is 12.5. The van der Waals surface area contributed by atoms with Gasteiger partial charge in [0.2, 0.25) is 0 Å². The highest BCUT2D eigenvalue weighted by Crippen LogP contribution is 2.12. The number of carbonyl (C=O) groups is 2. The quantitative estimate of drug-likeness (QED) is 0.722. The van der Waals surface area contributed by atoms with Crippen molar-refractivity contribution in [3.05, 3.63) is 77.9 Å². The average Bonchev–Trinajstić information content (AvgIpc) is 2.63. The molecule has 5 heteroatoms. The van der Waals surface area contributed by atoms with Gasteiger partial charge in [-0.3, -0.25) is 0 Å². The van der Waals surface area contributed by atoms with Gasteiger partial charge in [-0.05, 0) is 31.9 Å². The van der Waals surface area contributed by atoms with Crippen molar-refractivity contribution < 1.29 is 19.1 Å². The average molecular weight is 367 g/mol. The van der Waals surface area contributed by atoms with Gasteiger partial charge in [-0.1, -0.05) is 72.8 Å². The Kier molecular flexibility index (Phi) is 7.17. The molecule has 2 aromatic rings. The van der Waals surface area contributed by atoms with Crippen LogP contribution < -0.4 is 0 Å². The molecule has 5 nitrogen and oxygen atoms in total. The molecular weight excluding hydrogens is 342 g/mol. The second-order valence-electron chi connectivity index (χ2n) is 6.94. The molecular formula is C22H25NO4. The Bertz CT molecular complexity index is 764. The van der Waals surface area contributed by atoms with Crippen LogP contribution in [0.4, 0.5) is 9.59 Å². The number of hydrogen-bond acceptors (Lipinski definition) is 4. The summed E-state index contributed by atoms with van der Waals surface area (Å²) < 4.78 is 10.6. The number of amides is 2. The third-order valence-electron chi connectivity index (χ3n) is 3.44. The minimum absolute atomic E-state index is 0.0530. The van der Waals surface area contributed by atoms with E-state index >= 15 is 0 Å². The van der Waals surface area contributed by atoms with Crippen molar-refractivity contribution in [1.29, 1.82) is 0 Å². The minimum atomic E-state index is -0.745. The first-order valence-corrected chi connectivity index (χ1v) is 8.78. The van der Waals surface area contributed by atoms with Crippen molar-refractivity contribution in [3.8, 4) is 0 Å². The highest BCUT2D eigenvalue weighted by molar-refractivity contribution is 5.88. The predicted octanol–water partition coefficient (Wildman–Crippen LogP) is 5.27. The Balaban J connectivity index is 2.04. The maximum absolute atomic E-state index is 12.5. The Morgan fingerprint density at radius 1 is 0.926 bits per heavy atom. The zero-order valence-electron chi connectivity index (χ0n) is 15.9. The molecule has 0 bridgehead atoms. The van der Waals surface area contributed by atoms with Crippen LogP contribution in [0.2, 0.25) is 0 Å². The highest BCUT2D eigenvalue weighted by atomic mass is 16.6. The van der Waals surface area contributed by atoms with E-state index in [0.29, 0.717) is 0 Å². The lowest BCUT2D eigenvalue weighted by molar-refractivity contribution is 0.0231. The first kappa shape index (κ1) is 20.2. The summed E-state index contributed by atoms with van der Waals surface area (Å²) >= 11 is 0. The zero-order valence-corrected chi connectivity index (χ0v) is 15.9. The lowest BCUT2D eigenvalue weighted by atomic mass is 10.2. The second-order valence-corrected chi connectivity index (χ2v) is 6.94. The molecule has 2 aromatic carbocycles. The van der Waals surface area contributed by atoms with Gasteiger partial charge in [0, 0.05) is 0 Å². The van der Waals surface area contributed by atoms with Crippen molar-refractivity contribution >= 4 is 18.3 Å². The van der Waals surface area contributed by atoms with Gasteiger partial charge in [0.1, 0.15) is 12.2 Å². The van der Waals surface area contributed by atoms with Crippen LogP contribution in [0, 0.1) is 0 Å². The minimum Gasteiger partial charge on any atom is -0.444 e. The zero-order chi connectivity index (χ0) is 19.7. The van der Waals surface area contributed by atoms with Gasteiger partial charge in [0.05, 0.1) is 6.54 Å². The molecule has 0 aromatic heterocycles. The van der Waals surface area contributed by atoms with Crippen LogP contribution in [-0.4, -0.2) is 29.2 Å². The normalized spacial score (nSPS) is 11.2. The van der Waals surface area contributed by atoms with E-state index in [1.807, 2.05) is 66.7 Å². The summed E-state index contributed by atoms with van der Waals surface area (Å²) in [6.45, 7) is 5.38. The fourth-order valence-electron chi connectivity index (χ4n) is 2.20. The number of nitrogens with zero attached hydrogens (tertiary/aromatic N) is 1. The molecule has 0 aliphatic heterocycles. The van der Waals surface area contributed by atoms with Gasteiger partial charge in [0.25, 0.3) is 0 Å². The largest absolute Gasteiger partial charge is 0.444 e. The molecule has 0 unspecified atom stereocenters. The molecule has 0 heterocycles. The van der Waals surface area contributed by atoms with Crippen LogP contribution in [0.3, 0.4) is 0 Å². The summed E-state index contributed by atoms with van der Waals surface area (Å²) in [5.41, 5.74) is 1.10. The number of hydrogen-bond donors (Lipinski definition) is 0. The van der Waals surface area contributed by atoms with E-state index < -0.39 is 17.8 Å². The third kappa shape index (κ3) is 7.36. The Morgan fingerprint density at radius 3 is 2.11 bits per heavy atom. The SMILES string of the molecule is CC(C)(C)OC(=O)N(C/C=C/c1ccccc1)C(=O)OCc1ccccc1. The molecule has 0 N–H and O–H groups in total. The van der Waals surface area contributed by atoms with E-state index in [-0.39, 0.29) is 13.2 Å². The van der Waals surface area contributed by atoms with E-state index in [1.165, 1.54) is 0 Å². The Hall–Kier alpha value is -3.08. The smallest absolute Gasteiger partial charge is 0.420 e. The number of imide groups is 1. The van der Waals surface area contributed by atoms with Crippen molar-refractivity contribution in [1.82, 2.24) is 4.90 Å². The Morgan fingerprint density at radius 2 is 1.52 bits per heavy atom. The lowest BCUT2D eigenvalue weighted by Crippen LogP contribution is -2.41. The number of ether oxygens (including phenoxy) is 2. The summed E-state index contributed by atoms with van der Waals surface area (Å²) in [6, 6.07) is 18.9. The molecule has 142 valence electrons. The number of benzene rings is 2. The second kappa shape index (κ2) is 9.57. The van der Waals surface area contributed by atoms with E-state index in [9.17, 15) is 9.59 Å². The molecule has 0 atom stereocenters. The van der Waals surface area contributed by atoms with E-state index in [4.69, 9.17) is 9.47 Å². The van der Waals surface area contributed by atoms with Crippen LogP contribution in [0.15, 0.2) is 66.7 Å². The van der Waals surface area contributed by atoms with Crippen LogP contribution in [0.5, 0.6) is 0 Å². The molecule has 0 aliphatic rings. The van der Waals surface area contributed by atoms with Gasteiger partial charge in [-0.25, -0.2) is 14.5 Å². The summed E-state index contributed by atoms with van der Waals surface area (Å²) in [4.78, 5) is 25.8.